The molecule has 114 valence electrons. The summed E-state index contributed by atoms with van der Waals surface area (Å²) < 4.78 is 17.5. The number of carbonyl (C=O) groups excluding carboxylic acids is 3. The van der Waals surface area contributed by atoms with Gasteiger partial charge in [-0.25, -0.2) is 14.0 Å². The Morgan fingerprint density at radius 3 is 2.57 bits per heavy atom. The zero-order valence-electron chi connectivity index (χ0n) is 11.4. The van der Waals surface area contributed by atoms with Crippen LogP contribution < -0.4 is 10.6 Å². The van der Waals surface area contributed by atoms with Gasteiger partial charge in [-0.3, -0.25) is 10.1 Å². The number of hydrogen-bond acceptors (Lipinski definition) is 4. The lowest BCUT2D eigenvalue weighted by Crippen LogP contribution is -2.44. The molecular formula is C13H14ClFN2O4. The fourth-order valence-electron chi connectivity index (χ4n) is 1.32. The first-order chi connectivity index (χ1) is 9.79. The van der Waals surface area contributed by atoms with Crippen LogP contribution >= 0.6 is 11.6 Å². The Balaban J connectivity index is 2.49. The monoisotopic (exact) mass is 316 g/mol. The molecule has 21 heavy (non-hydrogen) atoms. The summed E-state index contributed by atoms with van der Waals surface area (Å²) in [5, 5.41) is 4.29. The van der Waals surface area contributed by atoms with E-state index in [0.29, 0.717) is 0 Å². The average molecular weight is 317 g/mol. The van der Waals surface area contributed by atoms with Crippen molar-refractivity contribution in [2.45, 2.75) is 19.9 Å². The minimum Gasteiger partial charge on any atom is -0.452 e. The zero-order valence-corrected chi connectivity index (χ0v) is 12.2. The van der Waals surface area contributed by atoms with Crippen molar-refractivity contribution in [2.75, 3.05) is 6.61 Å². The number of amides is 3. The number of halogens is 2. The second-order valence-corrected chi connectivity index (χ2v) is 4.78. The van der Waals surface area contributed by atoms with Gasteiger partial charge in [0.1, 0.15) is 5.82 Å². The number of ether oxygens (including phenoxy) is 1. The number of hydrogen-bond donors (Lipinski definition) is 2. The molecule has 0 aliphatic carbocycles. The van der Waals surface area contributed by atoms with E-state index in [0.717, 1.165) is 18.2 Å². The van der Waals surface area contributed by atoms with Crippen LogP contribution in [0.25, 0.3) is 0 Å². The Labute approximate surface area is 125 Å². The average Bonchev–Trinajstić information content (AvgIpc) is 2.34. The van der Waals surface area contributed by atoms with Crippen LogP contribution in [0.5, 0.6) is 0 Å². The highest BCUT2D eigenvalue weighted by molar-refractivity contribution is 6.33. The maximum atomic E-state index is 12.8. The first-order valence-corrected chi connectivity index (χ1v) is 6.40. The largest absolute Gasteiger partial charge is 0.452 e. The lowest BCUT2D eigenvalue weighted by molar-refractivity contribution is -0.123. The van der Waals surface area contributed by atoms with Crippen LogP contribution in [0.1, 0.15) is 24.2 Å². The molecular weight excluding hydrogens is 303 g/mol. The molecule has 1 aromatic rings. The molecule has 3 amide bonds. The number of nitrogens with one attached hydrogen (secondary N) is 2. The molecule has 8 heteroatoms. The van der Waals surface area contributed by atoms with Gasteiger partial charge >= 0.3 is 12.0 Å². The third kappa shape index (κ3) is 5.78. The van der Waals surface area contributed by atoms with Crippen molar-refractivity contribution in [3.05, 3.63) is 34.6 Å². The molecule has 0 unspecified atom stereocenters. The van der Waals surface area contributed by atoms with Crippen molar-refractivity contribution < 1.29 is 23.5 Å². The normalized spacial score (nSPS) is 10.1. The summed E-state index contributed by atoms with van der Waals surface area (Å²) in [6.45, 7) is 2.79. The first-order valence-electron chi connectivity index (χ1n) is 6.02. The van der Waals surface area contributed by atoms with Crippen molar-refractivity contribution >= 4 is 29.5 Å². The Bertz CT molecular complexity index is 563. The number of esters is 1. The molecule has 0 heterocycles. The number of rotatable bonds is 4. The van der Waals surface area contributed by atoms with Gasteiger partial charge in [0.15, 0.2) is 6.61 Å². The molecule has 0 saturated carbocycles. The second kappa shape index (κ2) is 7.58. The van der Waals surface area contributed by atoms with Gasteiger partial charge in [0.05, 0.1) is 10.6 Å². The van der Waals surface area contributed by atoms with E-state index in [9.17, 15) is 18.8 Å². The second-order valence-electron chi connectivity index (χ2n) is 4.38. The molecule has 0 aromatic heterocycles. The molecule has 6 nitrogen and oxygen atoms in total. The van der Waals surface area contributed by atoms with Crippen molar-refractivity contribution in [1.29, 1.82) is 0 Å². The van der Waals surface area contributed by atoms with E-state index in [1.165, 1.54) is 0 Å². The number of urea groups is 1. The van der Waals surface area contributed by atoms with Gasteiger partial charge in [-0.1, -0.05) is 11.6 Å². The van der Waals surface area contributed by atoms with Crippen LogP contribution in [-0.4, -0.2) is 30.6 Å². The highest BCUT2D eigenvalue weighted by atomic mass is 35.5. The van der Waals surface area contributed by atoms with Crippen LogP contribution in [-0.2, 0) is 9.53 Å². The van der Waals surface area contributed by atoms with Crippen LogP contribution in [0.3, 0.4) is 0 Å². The number of carbonyl (C=O) groups is 3. The summed E-state index contributed by atoms with van der Waals surface area (Å²) in [4.78, 5) is 34.2. The van der Waals surface area contributed by atoms with Crippen LogP contribution in [0.4, 0.5) is 9.18 Å². The molecule has 0 saturated heterocycles. The molecule has 0 aliphatic heterocycles. The van der Waals surface area contributed by atoms with Crippen LogP contribution in [0, 0.1) is 5.82 Å². The Morgan fingerprint density at radius 1 is 1.33 bits per heavy atom. The maximum Gasteiger partial charge on any atom is 0.340 e. The maximum absolute atomic E-state index is 12.8. The number of benzene rings is 1. The summed E-state index contributed by atoms with van der Waals surface area (Å²) in [7, 11) is 0. The predicted octanol–water partition coefficient (Wildman–Crippen LogP) is 1.87. The Kier molecular flexibility index (Phi) is 6.10. The van der Waals surface area contributed by atoms with Gasteiger partial charge in [-0.15, -0.1) is 0 Å². The zero-order chi connectivity index (χ0) is 16.0. The summed E-state index contributed by atoms with van der Waals surface area (Å²) in [5.41, 5.74) is -0.0718. The van der Waals surface area contributed by atoms with Crippen molar-refractivity contribution in [3.8, 4) is 0 Å². The Morgan fingerprint density at radius 2 is 2.00 bits per heavy atom. The highest BCUT2D eigenvalue weighted by Crippen LogP contribution is 2.17. The van der Waals surface area contributed by atoms with Crippen LogP contribution in [0.15, 0.2) is 18.2 Å². The van der Waals surface area contributed by atoms with Gasteiger partial charge in [-0.05, 0) is 32.0 Å². The molecule has 2 N–H and O–H groups in total. The predicted molar refractivity (Wildman–Crippen MR) is 73.5 cm³/mol. The fraction of sp³-hybridized carbons (Fsp3) is 0.308. The SMILES string of the molecule is CC(C)NC(=O)NC(=O)COC(=O)c1ccc(F)cc1Cl. The van der Waals surface area contributed by atoms with Gasteiger partial charge in [-0.2, -0.15) is 0 Å². The smallest absolute Gasteiger partial charge is 0.340 e. The van der Waals surface area contributed by atoms with E-state index in [1.54, 1.807) is 13.8 Å². The van der Waals surface area contributed by atoms with Gasteiger partial charge in [0.25, 0.3) is 5.91 Å². The molecule has 0 aliphatic rings. The van der Waals surface area contributed by atoms with Crippen molar-refractivity contribution in [3.63, 3.8) is 0 Å². The molecule has 0 radical (unpaired) electrons. The third-order valence-corrected chi connectivity index (χ3v) is 2.47. The van der Waals surface area contributed by atoms with Crippen molar-refractivity contribution in [2.24, 2.45) is 0 Å². The van der Waals surface area contributed by atoms with Crippen molar-refractivity contribution in [1.82, 2.24) is 10.6 Å². The topological polar surface area (TPSA) is 84.5 Å². The summed E-state index contributed by atoms with van der Waals surface area (Å²) in [5.74, 6) is -2.28. The van der Waals surface area contributed by atoms with E-state index in [2.05, 4.69) is 10.1 Å². The molecule has 0 spiro atoms. The Hall–Kier alpha value is -2.15. The van der Waals surface area contributed by atoms with E-state index < -0.39 is 30.3 Å². The highest BCUT2D eigenvalue weighted by Gasteiger charge is 2.15. The van der Waals surface area contributed by atoms with Gasteiger partial charge < -0.3 is 10.1 Å². The molecule has 0 bridgehead atoms. The first kappa shape index (κ1) is 16.9. The minimum atomic E-state index is -0.889. The quantitative estimate of drug-likeness (QED) is 0.831. The third-order valence-electron chi connectivity index (χ3n) is 2.16. The minimum absolute atomic E-state index is 0.0718. The van der Waals surface area contributed by atoms with E-state index in [4.69, 9.17) is 11.6 Å². The van der Waals surface area contributed by atoms with Gasteiger partial charge in [0, 0.05) is 6.04 Å². The lowest BCUT2D eigenvalue weighted by Gasteiger charge is -2.09. The standard InChI is InChI=1S/C13H14ClFN2O4/c1-7(2)16-13(20)17-11(18)6-21-12(19)9-4-3-8(15)5-10(9)14/h3-5,7H,6H2,1-2H3,(H2,16,17,18,20). The van der Waals surface area contributed by atoms with E-state index >= 15 is 0 Å². The van der Waals surface area contributed by atoms with Crippen LogP contribution in [0.2, 0.25) is 5.02 Å². The fourth-order valence-corrected chi connectivity index (χ4v) is 1.57. The molecule has 1 rings (SSSR count). The molecule has 0 fully saturated rings. The summed E-state index contributed by atoms with van der Waals surface area (Å²) >= 11 is 5.68. The van der Waals surface area contributed by atoms with E-state index in [1.807, 2.05) is 5.32 Å². The summed E-state index contributed by atoms with van der Waals surface area (Å²) in [6.07, 6.45) is 0. The molecule has 0 atom stereocenters. The lowest BCUT2D eigenvalue weighted by atomic mass is 10.2. The number of imide groups is 1. The van der Waals surface area contributed by atoms with E-state index in [-0.39, 0.29) is 16.6 Å². The summed E-state index contributed by atoms with van der Waals surface area (Å²) in [6, 6.07) is 2.31. The molecule has 1 aromatic carbocycles. The van der Waals surface area contributed by atoms with Gasteiger partial charge in [0.2, 0.25) is 0 Å².